The van der Waals surface area contributed by atoms with Crippen LogP contribution in [0, 0.1) is 12.3 Å². The predicted octanol–water partition coefficient (Wildman–Crippen LogP) is 1.68. The number of imidazole rings is 1. The van der Waals surface area contributed by atoms with Gasteiger partial charge in [0.05, 0.1) is 0 Å². The van der Waals surface area contributed by atoms with E-state index in [1.165, 1.54) is 4.40 Å². The van der Waals surface area contributed by atoms with Gasteiger partial charge in [0.2, 0.25) is 0 Å². The van der Waals surface area contributed by atoms with Gasteiger partial charge in [0.25, 0.3) is 10.0 Å². The van der Waals surface area contributed by atoms with E-state index in [9.17, 15) is 8.42 Å². The third-order valence-corrected chi connectivity index (χ3v) is 4.47. The van der Waals surface area contributed by atoms with Crippen LogP contribution in [-0.4, -0.2) is 23.8 Å². The summed E-state index contributed by atoms with van der Waals surface area (Å²) in [5, 5.41) is -0.139. The molecule has 2 rings (SSSR count). The molecule has 2 aromatic heterocycles. The normalized spacial score (nSPS) is 13.3. The number of rotatable bonds is 4. The van der Waals surface area contributed by atoms with Crippen molar-refractivity contribution in [2.75, 3.05) is 0 Å². The molecule has 7 heteroatoms. The highest BCUT2D eigenvalue weighted by Crippen LogP contribution is 2.22. The van der Waals surface area contributed by atoms with Crippen LogP contribution in [0.3, 0.4) is 0 Å². The minimum atomic E-state index is -3.77. The summed E-state index contributed by atoms with van der Waals surface area (Å²) in [7, 11) is -3.77. The third-order valence-electron chi connectivity index (χ3n) is 2.48. The van der Waals surface area contributed by atoms with Gasteiger partial charge in [0.15, 0.2) is 10.2 Å². The summed E-state index contributed by atoms with van der Waals surface area (Å²) in [4.78, 5) is 4.00. The van der Waals surface area contributed by atoms with Crippen LogP contribution in [0.15, 0.2) is 29.4 Å². The molecule has 1 unspecified atom stereocenters. The second-order valence-electron chi connectivity index (χ2n) is 4.07. The molecule has 0 radical (unpaired) electrons. The standard InChI is InChI=1S/C12H12ClN3O2S/c1-3-6-9(2)15-19(17,18)12-11(13)14-10-7-4-5-8-16(10)12/h1,4-5,7-9,15H,6H2,2H3. The van der Waals surface area contributed by atoms with Crippen molar-refractivity contribution in [1.82, 2.24) is 14.1 Å². The molecule has 1 N–H and O–H groups in total. The van der Waals surface area contributed by atoms with Crippen LogP contribution < -0.4 is 4.72 Å². The zero-order valence-corrected chi connectivity index (χ0v) is 11.7. The smallest absolute Gasteiger partial charge is 0.260 e. The molecule has 0 saturated heterocycles. The minimum Gasteiger partial charge on any atom is -0.288 e. The van der Waals surface area contributed by atoms with Crippen molar-refractivity contribution in [2.45, 2.75) is 24.4 Å². The zero-order chi connectivity index (χ0) is 14.0. The molecule has 2 heterocycles. The molecule has 0 aliphatic rings. The largest absolute Gasteiger partial charge is 0.288 e. The Morgan fingerprint density at radius 1 is 1.58 bits per heavy atom. The number of hydrogen-bond donors (Lipinski definition) is 1. The number of halogens is 1. The molecule has 0 aromatic carbocycles. The van der Waals surface area contributed by atoms with E-state index in [0.717, 1.165) is 0 Å². The maximum absolute atomic E-state index is 12.3. The van der Waals surface area contributed by atoms with Crippen molar-refractivity contribution in [3.05, 3.63) is 29.5 Å². The maximum Gasteiger partial charge on any atom is 0.260 e. The molecule has 19 heavy (non-hydrogen) atoms. The van der Waals surface area contributed by atoms with E-state index >= 15 is 0 Å². The van der Waals surface area contributed by atoms with Crippen LogP contribution >= 0.6 is 11.6 Å². The van der Waals surface area contributed by atoms with Crippen LogP contribution in [-0.2, 0) is 10.0 Å². The van der Waals surface area contributed by atoms with Crippen LogP contribution in [0.4, 0.5) is 0 Å². The van der Waals surface area contributed by atoms with Gasteiger partial charge in [-0.15, -0.1) is 12.3 Å². The molecule has 5 nitrogen and oxygen atoms in total. The number of nitrogens with one attached hydrogen (secondary N) is 1. The van der Waals surface area contributed by atoms with Crippen molar-refractivity contribution >= 4 is 27.3 Å². The molecule has 0 spiro atoms. The maximum atomic E-state index is 12.3. The Kier molecular flexibility index (Phi) is 3.80. The molecule has 0 saturated carbocycles. The molecule has 2 aromatic rings. The van der Waals surface area contributed by atoms with E-state index in [0.29, 0.717) is 12.1 Å². The average Bonchev–Trinajstić information content (AvgIpc) is 2.64. The molecule has 0 aliphatic heterocycles. The summed E-state index contributed by atoms with van der Waals surface area (Å²) < 4.78 is 28.5. The lowest BCUT2D eigenvalue weighted by atomic mass is 10.3. The first-order chi connectivity index (χ1) is 8.95. The summed E-state index contributed by atoms with van der Waals surface area (Å²) >= 11 is 5.92. The van der Waals surface area contributed by atoms with Gasteiger partial charge in [-0.2, -0.15) is 0 Å². The Bertz CT molecular complexity index is 746. The highest BCUT2D eigenvalue weighted by molar-refractivity contribution is 7.89. The average molecular weight is 298 g/mol. The van der Waals surface area contributed by atoms with E-state index in [1.807, 2.05) is 0 Å². The first kappa shape index (κ1) is 13.9. The van der Waals surface area contributed by atoms with E-state index < -0.39 is 10.0 Å². The molecule has 0 fully saturated rings. The van der Waals surface area contributed by atoms with E-state index in [4.69, 9.17) is 18.0 Å². The molecule has 1 atom stereocenters. The van der Waals surface area contributed by atoms with Gasteiger partial charge in [-0.3, -0.25) is 4.40 Å². The Hall–Kier alpha value is -1.55. The third kappa shape index (κ3) is 2.73. The monoisotopic (exact) mass is 297 g/mol. The predicted molar refractivity (Wildman–Crippen MR) is 73.4 cm³/mol. The summed E-state index contributed by atoms with van der Waals surface area (Å²) in [6.07, 6.45) is 7.05. The van der Waals surface area contributed by atoms with E-state index in [2.05, 4.69) is 15.6 Å². The Morgan fingerprint density at radius 3 is 3.00 bits per heavy atom. The SMILES string of the molecule is C#CCC(C)NS(=O)(=O)c1c(Cl)nc2ccccn12. The van der Waals surface area contributed by atoms with Crippen molar-refractivity contribution in [1.29, 1.82) is 0 Å². The topological polar surface area (TPSA) is 63.5 Å². The van der Waals surface area contributed by atoms with Gasteiger partial charge in [-0.1, -0.05) is 17.7 Å². The number of aromatic nitrogens is 2. The Morgan fingerprint density at radius 2 is 2.32 bits per heavy atom. The Labute approximate surface area is 116 Å². The summed E-state index contributed by atoms with van der Waals surface area (Å²) in [6.45, 7) is 1.69. The molecule has 100 valence electrons. The fourth-order valence-corrected chi connectivity index (χ4v) is 3.61. The molecule has 0 aliphatic carbocycles. The number of nitrogens with zero attached hydrogens (tertiary/aromatic N) is 2. The minimum absolute atomic E-state index is 0.0633. The van der Waals surface area contributed by atoms with Gasteiger partial charge in [0.1, 0.15) is 5.65 Å². The number of sulfonamides is 1. The van der Waals surface area contributed by atoms with Crippen LogP contribution in [0.1, 0.15) is 13.3 Å². The van der Waals surface area contributed by atoms with Gasteiger partial charge < -0.3 is 0 Å². The second-order valence-corrected chi connectivity index (χ2v) is 6.05. The van der Waals surface area contributed by atoms with Crippen LogP contribution in [0.2, 0.25) is 5.15 Å². The lowest BCUT2D eigenvalue weighted by molar-refractivity contribution is 0.559. The van der Waals surface area contributed by atoms with E-state index in [1.54, 1.807) is 31.3 Å². The van der Waals surface area contributed by atoms with Crippen molar-refractivity contribution < 1.29 is 8.42 Å². The number of fused-ring (bicyclic) bond motifs is 1. The second kappa shape index (κ2) is 5.21. The molecule has 0 bridgehead atoms. The first-order valence-electron chi connectivity index (χ1n) is 5.54. The highest BCUT2D eigenvalue weighted by Gasteiger charge is 2.25. The van der Waals surface area contributed by atoms with Crippen molar-refractivity contribution in [3.8, 4) is 12.3 Å². The zero-order valence-electron chi connectivity index (χ0n) is 10.2. The number of pyridine rings is 1. The lowest BCUT2D eigenvalue weighted by Gasteiger charge is -2.11. The van der Waals surface area contributed by atoms with E-state index in [-0.39, 0.29) is 16.2 Å². The quantitative estimate of drug-likeness (QED) is 0.873. The van der Waals surface area contributed by atoms with Gasteiger partial charge in [0, 0.05) is 18.7 Å². The molecule has 0 amide bonds. The Balaban J connectivity index is 2.49. The van der Waals surface area contributed by atoms with Crippen LogP contribution in [0.5, 0.6) is 0 Å². The van der Waals surface area contributed by atoms with Crippen molar-refractivity contribution in [3.63, 3.8) is 0 Å². The summed E-state index contributed by atoms with van der Waals surface area (Å²) in [5.74, 6) is 2.40. The number of hydrogen-bond acceptors (Lipinski definition) is 3. The van der Waals surface area contributed by atoms with Crippen molar-refractivity contribution in [2.24, 2.45) is 0 Å². The lowest BCUT2D eigenvalue weighted by Crippen LogP contribution is -2.33. The first-order valence-corrected chi connectivity index (χ1v) is 7.40. The fraction of sp³-hybridized carbons (Fsp3) is 0.250. The van der Waals surface area contributed by atoms with Crippen LogP contribution in [0.25, 0.3) is 5.65 Å². The highest BCUT2D eigenvalue weighted by atomic mass is 35.5. The van der Waals surface area contributed by atoms with Gasteiger partial charge in [-0.25, -0.2) is 18.1 Å². The fourth-order valence-electron chi connectivity index (χ4n) is 1.72. The summed E-state index contributed by atoms with van der Waals surface area (Å²) in [5.41, 5.74) is 0.470. The number of terminal acetylenes is 1. The summed E-state index contributed by atoms with van der Waals surface area (Å²) in [6, 6.07) is 4.76. The van der Waals surface area contributed by atoms with Gasteiger partial charge in [-0.05, 0) is 19.1 Å². The molecular formula is C12H12ClN3O2S. The molecular weight excluding hydrogens is 286 g/mol. The van der Waals surface area contributed by atoms with Gasteiger partial charge >= 0.3 is 0 Å².